The molecule has 1 aliphatic rings. The summed E-state index contributed by atoms with van der Waals surface area (Å²) in [6, 6.07) is 1.58. The van der Waals surface area contributed by atoms with Crippen LogP contribution in [0.2, 0.25) is 5.15 Å². The molecule has 0 saturated heterocycles. The third-order valence-electron chi connectivity index (χ3n) is 5.57. The zero-order valence-corrected chi connectivity index (χ0v) is 20.4. The van der Waals surface area contributed by atoms with E-state index in [-0.39, 0.29) is 44.9 Å². The molecule has 0 atom stereocenters. The third-order valence-corrected chi connectivity index (χ3v) is 6.56. The van der Waals surface area contributed by atoms with Crippen molar-refractivity contribution in [3.8, 4) is 22.1 Å². The lowest BCUT2D eigenvalue weighted by Crippen LogP contribution is -2.27. The molecule has 1 aliphatic carbocycles. The monoisotopic (exact) mass is 507 g/mol. The molecule has 1 amide bonds. The smallest absolute Gasteiger partial charge is 0.296 e. The van der Waals surface area contributed by atoms with E-state index in [9.17, 15) is 9.18 Å². The number of aryl methyl sites for hydroxylation is 1. The van der Waals surface area contributed by atoms with Crippen molar-refractivity contribution >= 4 is 34.0 Å². The van der Waals surface area contributed by atoms with Gasteiger partial charge < -0.3 is 14.2 Å². The SMILES string of the molecule is COc1cnc(Cl)c(F)c1-c1cc(C)ncc1C(=O)Nc1nnc(O[C@H]2CC[C@H](OC)CC2)s1. The molecule has 0 unspecified atom stereocenters. The van der Waals surface area contributed by atoms with Crippen molar-refractivity contribution in [1.29, 1.82) is 0 Å². The fraction of sp³-hybridized carbons (Fsp3) is 0.409. The number of carbonyl (C=O) groups excluding carboxylic acids is 1. The van der Waals surface area contributed by atoms with Crippen molar-refractivity contribution in [2.24, 2.45) is 0 Å². The van der Waals surface area contributed by atoms with Gasteiger partial charge in [-0.2, -0.15) is 0 Å². The molecule has 0 spiro atoms. The molecule has 0 bridgehead atoms. The number of halogens is 2. The summed E-state index contributed by atoms with van der Waals surface area (Å²) in [6.45, 7) is 1.73. The maximum atomic E-state index is 14.9. The maximum absolute atomic E-state index is 14.9. The average molecular weight is 508 g/mol. The number of nitrogens with zero attached hydrogens (tertiary/aromatic N) is 4. The second-order valence-electron chi connectivity index (χ2n) is 7.76. The number of hydrogen-bond acceptors (Lipinski definition) is 9. The first-order valence-corrected chi connectivity index (χ1v) is 11.8. The summed E-state index contributed by atoms with van der Waals surface area (Å²) < 4.78 is 31.5. The fourth-order valence-corrected chi connectivity index (χ4v) is 4.60. The normalized spacial score (nSPS) is 17.9. The van der Waals surface area contributed by atoms with Crippen molar-refractivity contribution in [2.75, 3.05) is 19.5 Å². The van der Waals surface area contributed by atoms with E-state index >= 15 is 0 Å². The Kier molecular flexibility index (Phi) is 7.54. The second-order valence-corrected chi connectivity index (χ2v) is 9.06. The van der Waals surface area contributed by atoms with Gasteiger partial charge in [0.2, 0.25) is 5.13 Å². The number of aromatic nitrogens is 4. The van der Waals surface area contributed by atoms with Gasteiger partial charge in [0.05, 0.1) is 30.5 Å². The van der Waals surface area contributed by atoms with E-state index in [4.69, 9.17) is 25.8 Å². The predicted molar refractivity (Wildman–Crippen MR) is 125 cm³/mol. The Bertz CT molecular complexity index is 1190. The van der Waals surface area contributed by atoms with Crippen LogP contribution in [0.15, 0.2) is 18.5 Å². The molecular weight excluding hydrogens is 485 g/mol. The second kappa shape index (κ2) is 10.6. The Hall–Kier alpha value is -2.89. The van der Waals surface area contributed by atoms with Gasteiger partial charge >= 0.3 is 0 Å². The summed E-state index contributed by atoms with van der Waals surface area (Å²) in [5.74, 6) is -1.20. The molecule has 3 aromatic rings. The molecule has 12 heteroatoms. The van der Waals surface area contributed by atoms with Crippen LogP contribution in [0.3, 0.4) is 0 Å². The number of hydrogen-bond donors (Lipinski definition) is 1. The van der Waals surface area contributed by atoms with Crippen LogP contribution in [0.5, 0.6) is 10.9 Å². The summed E-state index contributed by atoms with van der Waals surface area (Å²) >= 11 is 7.01. The van der Waals surface area contributed by atoms with E-state index < -0.39 is 11.7 Å². The van der Waals surface area contributed by atoms with Crippen LogP contribution in [0, 0.1) is 12.7 Å². The highest BCUT2D eigenvalue weighted by molar-refractivity contribution is 7.17. The minimum atomic E-state index is -0.796. The lowest BCUT2D eigenvalue weighted by molar-refractivity contribution is 0.0325. The number of anilines is 1. The number of amides is 1. The van der Waals surface area contributed by atoms with E-state index in [0.717, 1.165) is 37.0 Å². The highest BCUT2D eigenvalue weighted by Gasteiger charge is 2.25. The van der Waals surface area contributed by atoms with Crippen molar-refractivity contribution in [3.05, 3.63) is 40.7 Å². The van der Waals surface area contributed by atoms with Gasteiger partial charge in [0.25, 0.3) is 11.1 Å². The first kappa shape index (κ1) is 24.2. The van der Waals surface area contributed by atoms with E-state index in [1.54, 1.807) is 20.1 Å². The quantitative estimate of drug-likeness (QED) is 0.459. The van der Waals surface area contributed by atoms with Gasteiger partial charge in [0, 0.05) is 24.6 Å². The van der Waals surface area contributed by atoms with Crippen LogP contribution in [0.25, 0.3) is 11.1 Å². The van der Waals surface area contributed by atoms with Gasteiger partial charge in [-0.25, -0.2) is 9.37 Å². The third kappa shape index (κ3) is 5.26. The van der Waals surface area contributed by atoms with Crippen molar-refractivity contribution in [1.82, 2.24) is 20.2 Å². The number of nitrogens with one attached hydrogen (secondary N) is 1. The Morgan fingerprint density at radius 2 is 1.88 bits per heavy atom. The van der Waals surface area contributed by atoms with E-state index in [1.165, 1.54) is 19.5 Å². The summed E-state index contributed by atoms with van der Waals surface area (Å²) in [4.78, 5) is 21.1. The van der Waals surface area contributed by atoms with Gasteiger partial charge in [-0.3, -0.25) is 15.1 Å². The maximum Gasteiger partial charge on any atom is 0.296 e. The van der Waals surface area contributed by atoms with Gasteiger partial charge in [-0.05, 0) is 50.0 Å². The van der Waals surface area contributed by atoms with Gasteiger partial charge in [-0.1, -0.05) is 16.7 Å². The summed E-state index contributed by atoms with van der Waals surface area (Å²) in [5, 5.41) is 11.0. The largest absolute Gasteiger partial charge is 0.494 e. The molecule has 180 valence electrons. The Labute approximate surface area is 204 Å². The number of methoxy groups -OCH3 is 2. The van der Waals surface area contributed by atoms with Crippen molar-refractivity contribution < 1.29 is 23.4 Å². The van der Waals surface area contributed by atoms with Crippen molar-refractivity contribution in [3.63, 3.8) is 0 Å². The molecule has 9 nitrogen and oxygen atoms in total. The van der Waals surface area contributed by atoms with Crippen LogP contribution < -0.4 is 14.8 Å². The van der Waals surface area contributed by atoms with E-state index in [1.807, 2.05) is 0 Å². The van der Waals surface area contributed by atoms with E-state index in [2.05, 4.69) is 25.5 Å². The molecule has 4 rings (SSSR count). The number of rotatable bonds is 7. The van der Waals surface area contributed by atoms with Crippen LogP contribution in [-0.2, 0) is 4.74 Å². The van der Waals surface area contributed by atoms with Crippen molar-refractivity contribution in [2.45, 2.75) is 44.8 Å². The average Bonchev–Trinajstić information content (AvgIpc) is 3.27. The first-order valence-electron chi connectivity index (χ1n) is 10.6. The highest BCUT2D eigenvalue weighted by atomic mass is 35.5. The van der Waals surface area contributed by atoms with Gasteiger partial charge in [0.15, 0.2) is 11.0 Å². The molecule has 3 heterocycles. The Balaban J connectivity index is 1.54. The standard InChI is InChI=1S/C22H23ClFN5O4S/c1-11-8-14(17-16(32-3)10-26-19(23)18(17)24)15(9-25-11)20(30)27-21-28-29-22(34-21)33-13-6-4-12(31-2)5-7-13/h8-10,12-13H,4-7H2,1-3H3,(H,27,28,30)/t12-,13-. The predicted octanol–water partition coefficient (Wildman–Crippen LogP) is 4.69. The van der Waals surface area contributed by atoms with Crippen LogP contribution in [0.4, 0.5) is 9.52 Å². The van der Waals surface area contributed by atoms with Crippen LogP contribution in [-0.4, -0.2) is 52.5 Å². The Morgan fingerprint density at radius 3 is 2.59 bits per heavy atom. The minimum Gasteiger partial charge on any atom is -0.494 e. The Morgan fingerprint density at radius 1 is 1.15 bits per heavy atom. The molecule has 1 saturated carbocycles. The molecule has 3 aromatic heterocycles. The summed E-state index contributed by atoms with van der Waals surface area (Å²) in [6.07, 6.45) is 6.52. The van der Waals surface area contributed by atoms with Gasteiger partial charge in [0.1, 0.15) is 11.9 Å². The highest BCUT2D eigenvalue weighted by Crippen LogP contribution is 2.37. The molecular formula is C22H23ClFN5O4S. The molecule has 0 aromatic carbocycles. The molecule has 1 N–H and O–H groups in total. The lowest BCUT2D eigenvalue weighted by atomic mass is 9.95. The summed E-state index contributed by atoms with van der Waals surface area (Å²) in [7, 11) is 3.10. The van der Waals surface area contributed by atoms with E-state index in [0.29, 0.717) is 10.9 Å². The molecule has 1 fully saturated rings. The molecule has 34 heavy (non-hydrogen) atoms. The fourth-order valence-electron chi connectivity index (χ4n) is 3.80. The minimum absolute atomic E-state index is 0.0195. The lowest BCUT2D eigenvalue weighted by Gasteiger charge is -2.26. The zero-order valence-electron chi connectivity index (χ0n) is 18.8. The first-order chi connectivity index (χ1) is 16.4. The number of carbonyl (C=O) groups is 1. The summed E-state index contributed by atoms with van der Waals surface area (Å²) in [5.41, 5.74) is 0.974. The van der Waals surface area contributed by atoms with Crippen LogP contribution >= 0.6 is 22.9 Å². The number of ether oxygens (including phenoxy) is 3. The molecule has 0 radical (unpaired) electrons. The number of pyridine rings is 2. The van der Waals surface area contributed by atoms with Crippen LogP contribution in [0.1, 0.15) is 41.7 Å². The topological polar surface area (TPSA) is 108 Å². The van der Waals surface area contributed by atoms with Gasteiger partial charge in [-0.15, -0.1) is 5.10 Å². The zero-order chi connectivity index (χ0) is 24.2. The molecule has 0 aliphatic heterocycles.